The Balaban J connectivity index is 1.70. The molecule has 0 radical (unpaired) electrons. The second-order valence-electron chi connectivity index (χ2n) is 6.77. The molecule has 0 N–H and O–H groups in total. The van der Waals surface area contributed by atoms with Gasteiger partial charge >= 0.3 is 5.97 Å². The first-order valence-electron chi connectivity index (χ1n) is 9.02. The number of ether oxygens (including phenoxy) is 1. The number of nitrogens with zero attached hydrogens (tertiary/aromatic N) is 2. The van der Waals surface area contributed by atoms with Crippen molar-refractivity contribution in [1.82, 2.24) is 4.90 Å². The van der Waals surface area contributed by atoms with Crippen LogP contribution in [0.25, 0.3) is 0 Å². The molecule has 3 rings (SSSR count). The van der Waals surface area contributed by atoms with Crippen molar-refractivity contribution in [3.63, 3.8) is 0 Å². The van der Waals surface area contributed by atoms with Gasteiger partial charge in [-0.25, -0.2) is 4.79 Å². The van der Waals surface area contributed by atoms with Crippen molar-refractivity contribution < 1.29 is 14.3 Å². The molecule has 0 aliphatic carbocycles. The van der Waals surface area contributed by atoms with Crippen LogP contribution >= 0.6 is 0 Å². The van der Waals surface area contributed by atoms with E-state index in [0.29, 0.717) is 41.3 Å². The van der Waals surface area contributed by atoms with Gasteiger partial charge in [0, 0.05) is 18.7 Å². The highest BCUT2D eigenvalue weighted by molar-refractivity contribution is 6.00. The summed E-state index contributed by atoms with van der Waals surface area (Å²) in [5.74, 6) is -0.0810. The first kappa shape index (κ1) is 18.7. The van der Waals surface area contributed by atoms with Crippen molar-refractivity contribution in [1.29, 1.82) is 5.26 Å². The smallest absolute Gasteiger partial charge is 0.338 e. The van der Waals surface area contributed by atoms with Crippen LogP contribution in [0.4, 0.5) is 0 Å². The average Bonchev–Trinajstić information content (AvgIpc) is 2.73. The molecule has 1 fully saturated rings. The van der Waals surface area contributed by atoms with Crippen LogP contribution < -0.4 is 0 Å². The summed E-state index contributed by atoms with van der Waals surface area (Å²) in [6.45, 7) is 3.12. The summed E-state index contributed by atoms with van der Waals surface area (Å²) in [4.78, 5) is 26.7. The van der Waals surface area contributed by atoms with Gasteiger partial charge < -0.3 is 9.64 Å². The summed E-state index contributed by atoms with van der Waals surface area (Å²) in [6.07, 6.45) is 1.76. The predicted molar refractivity (Wildman–Crippen MR) is 102 cm³/mol. The number of hydrogen-bond acceptors (Lipinski definition) is 4. The van der Waals surface area contributed by atoms with Crippen molar-refractivity contribution in [2.75, 3.05) is 20.2 Å². The van der Waals surface area contributed by atoms with Crippen molar-refractivity contribution in [3.8, 4) is 6.07 Å². The van der Waals surface area contributed by atoms with Gasteiger partial charge in [0.05, 0.1) is 24.3 Å². The Morgan fingerprint density at radius 1 is 1.07 bits per heavy atom. The second kappa shape index (κ2) is 8.05. The molecule has 1 saturated heterocycles. The lowest BCUT2D eigenvalue weighted by molar-refractivity contribution is 0.0600. The van der Waals surface area contributed by atoms with Crippen molar-refractivity contribution in [2.24, 2.45) is 0 Å². The summed E-state index contributed by atoms with van der Waals surface area (Å²) in [5, 5.41) is 8.91. The monoisotopic (exact) mass is 362 g/mol. The lowest BCUT2D eigenvalue weighted by Gasteiger charge is -2.32. The summed E-state index contributed by atoms with van der Waals surface area (Å²) >= 11 is 0. The number of piperidine rings is 1. The third-order valence-electron chi connectivity index (χ3n) is 5.26. The zero-order valence-electron chi connectivity index (χ0n) is 15.6. The molecule has 0 aromatic heterocycles. The number of carbonyl (C=O) groups is 2. The summed E-state index contributed by atoms with van der Waals surface area (Å²) < 4.78 is 4.79. The van der Waals surface area contributed by atoms with Crippen LogP contribution in [-0.2, 0) is 4.74 Å². The predicted octanol–water partition coefficient (Wildman–Crippen LogP) is 3.67. The van der Waals surface area contributed by atoms with E-state index in [4.69, 9.17) is 10.00 Å². The van der Waals surface area contributed by atoms with Crippen molar-refractivity contribution in [2.45, 2.75) is 25.7 Å². The van der Waals surface area contributed by atoms with Gasteiger partial charge in [0.25, 0.3) is 5.91 Å². The second-order valence-corrected chi connectivity index (χ2v) is 6.77. The number of amides is 1. The summed E-state index contributed by atoms with van der Waals surface area (Å²) in [5.41, 5.74) is 3.51. The highest BCUT2D eigenvalue weighted by atomic mass is 16.5. The summed E-state index contributed by atoms with van der Waals surface area (Å²) in [7, 11) is 1.34. The number of likely N-dealkylation sites (tertiary alicyclic amines) is 1. The van der Waals surface area contributed by atoms with E-state index in [-0.39, 0.29) is 5.91 Å². The Morgan fingerprint density at radius 3 is 2.30 bits per heavy atom. The lowest BCUT2D eigenvalue weighted by Crippen LogP contribution is -2.38. The maximum Gasteiger partial charge on any atom is 0.338 e. The third-order valence-corrected chi connectivity index (χ3v) is 5.26. The minimum Gasteiger partial charge on any atom is -0.465 e. The van der Waals surface area contributed by atoms with Crippen LogP contribution in [0.2, 0.25) is 0 Å². The molecule has 5 nitrogen and oxygen atoms in total. The Kier molecular flexibility index (Phi) is 5.56. The third kappa shape index (κ3) is 3.85. The van der Waals surface area contributed by atoms with E-state index in [1.807, 2.05) is 29.2 Å². The molecular weight excluding hydrogens is 340 g/mol. The standard InChI is InChI=1S/C22H22N2O3/c1-15-19(4-3-5-20(15)22(26)27-2)21(25)24-12-10-18(11-13-24)17-8-6-16(14-23)7-9-17/h3-9,18H,10-13H2,1-2H3. The van der Waals surface area contributed by atoms with Crippen LogP contribution in [0.5, 0.6) is 0 Å². The first-order chi connectivity index (χ1) is 13.0. The molecule has 1 amide bonds. The van der Waals surface area contributed by atoms with E-state index in [1.165, 1.54) is 12.7 Å². The fourth-order valence-electron chi connectivity index (χ4n) is 3.61. The maximum absolute atomic E-state index is 12.9. The number of nitriles is 1. The highest BCUT2D eigenvalue weighted by Crippen LogP contribution is 2.29. The van der Waals surface area contributed by atoms with Gasteiger partial charge in [-0.1, -0.05) is 18.2 Å². The molecule has 138 valence electrons. The van der Waals surface area contributed by atoms with Gasteiger partial charge in [0.1, 0.15) is 0 Å². The number of hydrogen-bond donors (Lipinski definition) is 0. The lowest BCUT2D eigenvalue weighted by atomic mass is 9.88. The molecule has 0 bridgehead atoms. The van der Waals surface area contributed by atoms with E-state index in [2.05, 4.69) is 6.07 Å². The molecule has 0 atom stereocenters. The SMILES string of the molecule is COC(=O)c1cccc(C(=O)N2CCC(c3ccc(C#N)cc3)CC2)c1C. The Hall–Kier alpha value is -3.13. The molecule has 2 aromatic carbocycles. The van der Waals surface area contributed by atoms with Crippen LogP contribution in [0.3, 0.4) is 0 Å². The molecule has 0 saturated carbocycles. The number of benzene rings is 2. The van der Waals surface area contributed by atoms with Gasteiger partial charge in [-0.15, -0.1) is 0 Å². The molecule has 5 heteroatoms. The molecule has 1 aliphatic heterocycles. The van der Waals surface area contributed by atoms with E-state index in [1.54, 1.807) is 25.1 Å². The first-order valence-corrected chi connectivity index (χ1v) is 9.02. The van der Waals surface area contributed by atoms with Gasteiger partial charge in [-0.2, -0.15) is 5.26 Å². The largest absolute Gasteiger partial charge is 0.465 e. The van der Waals surface area contributed by atoms with Gasteiger partial charge in [0.2, 0.25) is 0 Å². The zero-order chi connectivity index (χ0) is 19.4. The quantitative estimate of drug-likeness (QED) is 0.781. The van der Waals surface area contributed by atoms with Crippen LogP contribution in [0, 0.1) is 18.3 Å². The minimum absolute atomic E-state index is 0.0449. The summed E-state index contributed by atoms with van der Waals surface area (Å²) in [6, 6.07) is 15.0. The van der Waals surface area contributed by atoms with E-state index < -0.39 is 5.97 Å². The van der Waals surface area contributed by atoms with Gasteiger partial charge in [-0.05, 0) is 61.1 Å². The van der Waals surface area contributed by atoms with Crippen LogP contribution in [0.15, 0.2) is 42.5 Å². The van der Waals surface area contributed by atoms with E-state index in [0.717, 1.165) is 12.8 Å². The molecule has 0 spiro atoms. The van der Waals surface area contributed by atoms with Gasteiger partial charge in [-0.3, -0.25) is 4.79 Å². The van der Waals surface area contributed by atoms with Crippen molar-refractivity contribution >= 4 is 11.9 Å². The number of rotatable bonds is 3. The molecule has 2 aromatic rings. The fourth-order valence-corrected chi connectivity index (χ4v) is 3.61. The topological polar surface area (TPSA) is 70.4 Å². The Morgan fingerprint density at radius 2 is 1.70 bits per heavy atom. The van der Waals surface area contributed by atoms with Crippen LogP contribution in [-0.4, -0.2) is 37.0 Å². The van der Waals surface area contributed by atoms with Gasteiger partial charge in [0.15, 0.2) is 0 Å². The number of carbonyl (C=O) groups excluding carboxylic acids is 2. The normalized spacial score (nSPS) is 14.5. The molecule has 1 heterocycles. The van der Waals surface area contributed by atoms with E-state index in [9.17, 15) is 9.59 Å². The highest BCUT2D eigenvalue weighted by Gasteiger charge is 2.26. The zero-order valence-corrected chi connectivity index (χ0v) is 15.6. The Bertz CT molecular complexity index is 889. The van der Waals surface area contributed by atoms with E-state index >= 15 is 0 Å². The Labute approximate surface area is 159 Å². The number of methoxy groups -OCH3 is 1. The average molecular weight is 362 g/mol. The van der Waals surface area contributed by atoms with Crippen LogP contribution in [0.1, 0.15) is 56.2 Å². The molecule has 0 unspecified atom stereocenters. The minimum atomic E-state index is -0.429. The maximum atomic E-state index is 12.9. The molecule has 1 aliphatic rings. The number of esters is 1. The fraction of sp³-hybridized carbons (Fsp3) is 0.318. The molecule has 27 heavy (non-hydrogen) atoms. The molecular formula is C22H22N2O3. The van der Waals surface area contributed by atoms with Crippen molar-refractivity contribution in [3.05, 3.63) is 70.3 Å².